The number of ketones is 1. The zero-order chi connectivity index (χ0) is 13.2. The molecule has 1 aliphatic heterocycles. The molecule has 1 fully saturated rings. The van der Waals surface area contributed by atoms with Gasteiger partial charge < -0.3 is 9.47 Å². The second-order valence-corrected chi connectivity index (χ2v) is 4.07. The van der Waals surface area contributed by atoms with Crippen molar-refractivity contribution in [3.63, 3.8) is 0 Å². The monoisotopic (exact) mass is 246 g/mol. The summed E-state index contributed by atoms with van der Waals surface area (Å²) in [6.07, 6.45) is 0.480. The van der Waals surface area contributed by atoms with Gasteiger partial charge in [0.05, 0.1) is 13.7 Å². The van der Waals surface area contributed by atoms with Crippen LogP contribution in [0.5, 0.6) is 0 Å². The summed E-state index contributed by atoms with van der Waals surface area (Å²) in [5.74, 6) is -1.13. The number of hydrogen-bond donors (Lipinski definition) is 0. The fraction of sp³-hybridized carbons (Fsp3) is 0.286. The molecular formula is C14H14O4. The third-order valence-corrected chi connectivity index (χ3v) is 3.05. The van der Waals surface area contributed by atoms with Crippen molar-refractivity contribution >= 4 is 11.8 Å². The zero-order valence-electron chi connectivity index (χ0n) is 10.1. The van der Waals surface area contributed by atoms with E-state index in [9.17, 15) is 9.59 Å². The predicted octanol–water partition coefficient (Wildman–Crippen LogP) is 1.76. The average molecular weight is 246 g/mol. The Balaban J connectivity index is 2.46. The fourth-order valence-corrected chi connectivity index (χ4v) is 2.06. The van der Waals surface area contributed by atoms with E-state index >= 15 is 0 Å². The smallest absolute Gasteiger partial charge is 0.350 e. The standard InChI is InChI=1S/C14H14O4/c1-10-8-9-18-14(10,13(16)17-2)12(15)11-6-4-3-5-7-11/h3-7H,1,8-9H2,2H3. The molecule has 4 heteroatoms. The van der Waals surface area contributed by atoms with Crippen molar-refractivity contribution in [2.45, 2.75) is 12.0 Å². The number of Topliss-reactive ketones (excluding diaryl/α,β-unsaturated/α-hetero) is 1. The Kier molecular flexibility index (Phi) is 3.30. The van der Waals surface area contributed by atoms with Crippen LogP contribution in [0.4, 0.5) is 0 Å². The third kappa shape index (κ3) is 1.75. The van der Waals surface area contributed by atoms with E-state index in [0.717, 1.165) is 0 Å². The summed E-state index contributed by atoms with van der Waals surface area (Å²) >= 11 is 0. The molecule has 1 saturated heterocycles. The molecule has 1 heterocycles. The van der Waals surface area contributed by atoms with Gasteiger partial charge in [-0.25, -0.2) is 4.79 Å². The largest absolute Gasteiger partial charge is 0.466 e. The molecule has 1 aliphatic rings. The highest BCUT2D eigenvalue weighted by Crippen LogP contribution is 2.34. The lowest BCUT2D eigenvalue weighted by molar-refractivity contribution is -0.155. The Labute approximate surface area is 105 Å². The number of carbonyl (C=O) groups excluding carboxylic acids is 2. The topological polar surface area (TPSA) is 52.6 Å². The van der Waals surface area contributed by atoms with Crippen molar-refractivity contribution in [3.8, 4) is 0 Å². The first-order chi connectivity index (χ1) is 8.63. The second kappa shape index (κ2) is 4.74. The summed E-state index contributed by atoms with van der Waals surface area (Å²) in [7, 11) is 1.23. The summed E-state index contributed by atoms with van der Waals surface area (Å²) in [6, 6.07) is 8.54. The lowest BCUT2D eigenvalue weighted by Gasteiger charge is -2.24. The molecule has 0 spiro atoms. The summed E-state index contributed by atoms with van der Waals surface area (Å²) < 4.78 is 10.1. The number of rotatable bonds is 3. The van der Waals surface area contributed by atoms with Gasteiger partial charge in [0, 0.05) is 5.56 Å². The molecule has 0 aromatic heterocycles. The van der Waals surface area contributed by atoms with Crippen molar-refractivity contribution in [3.05, 3.63) is 48.0 Å². The minimum atomic E-state index is -1.67. The molecule has 94 valence electrons. The van der Waals surface area contributed by atoms with Crippen molar-refractivity contribution in [2.24, 2.45) is 0 Å². The van der Waals surface area contributed by atoms with Gasteiger partial charge in [0.1, 0.15) is 0 Å². The zero-order valence-corrected chi connectivity index (χ0v) is 10.1. The highest BCUT2D eigenvalue weighted by molar-refractivity contribution is 6.18. The van der Waals surface area contributed by atoms with E-state index in [1.54, 1.807) is 30.3 Å². The molecule has 1 aromatic carbocycles. The number of hydrogen-bond acceptors (Lipinski definition) is 4. The highest BCUT2D eigenvalue weighted by atomic mass is 16.6. The van der Waals surface area contributed by atoms with Crippen LogP contribution in [0.15, 0.2) is 42.5 Å². The van der Waals surface area contributed by atoms with Crippen LogP contribution >= 0.6 is 0 Å². The van der Waals surface area contributed by atoms with Crippen LogP contribution in [0.3, 0.4) is 0 Å². The van der Waals surface area contributed by atoms with Crippen LogP contribution in [-0.4, -0.2) is 31.1 Å². The summed E-state index contributed by atoms with van der Waals surface area (Å²) in [6.45, 7) is 4.07. The molecule has 0 amide bonds. The van der Waals surface area contributed by atoms with Gasteiger partial charge in [-0.2, -0.15) is 0 Å². The van der Waals surface area contributed by atoms with Crippen molar-refractivity contribution in [1.82, 2.24) is 0 Å². The van der Waals surface area contributed by atoms with E-state index in [-0.39, 0.29) is 0 Å². The van der Waals surface area contributed by atoms with E-state index in [2.05, 4.69) is 6.58 Å². The fourth-order valence-electron chi connectivity index (χ4n) is 2.06. The first-order valence-corrected chi connectivity index (χ1v) is 5.63. The normalized spacial score (nSPS) is 22.8. The molecule has 0 radical (unpaired) electrons. The van der Waals surface area contributed by atoms with Crippen LogP contribution in [-0.2, 0) is 14.3 Å². The van der Waals surface area contributed by atoms with Gasteiger partial charge in [-0.3, -0.25) is 4.79 Å². The molecule has 0 saturated carbocycles. The minimum absolute atomic E-state index is 0.298. The lowest BCUT2D eigenvalue weighted by Crippen LogP contribution is -2.48. The minimum Gasteiger partial charge on any atom is -0.466 e. The van der Waals surface area contributed by atoms with Crippen molar-refractivity contribution in [2.75, 3.05) is 13.7 Å². The van der Waals surface area contributed by atoms with Crippen molar-refractivity contribution < 1.29 is 19.1 Å². The van der Waals surface area contributed by atoms with E-state index < -0.39 is 17.4 Å². The molecule has 0 N–H and O–H groups in total. The van der Waals surface area contributed by atoms with Gasteiger partial charge in [0.15, 0.2) is 0 Å². The molecule has 1 aromatic rings. The van der Waals surface area contributed by atoms with Gasteiger partial charge >= 0.3 is 5.97 Å². The van der Waals surface area contributed by atoms with Crippen LogP contribution in [0, 0.1) is 0 Å². The number of carbonyl (C=O) groups is 2. The number of methoxy groups -OCH3 is 1. The molecule has 18 heavy (non-hydrogen) atoms. The molecule has 2 rings (SSSR count). The Morgan fingerprint density at radius 2 is 2.00 bits per heavy atom. The molecule has 0 aliphatic carbocycles. The Hall–Kier alpha value is -1.94. The lowest BCUT2D eigenvalue weighted by atomic mass is 9.86. The summed E-state index contributed by atoms with van der Waals surface area (Å²) in [4.78, 5) is 24.4. The van der Waals surface area contributed by atoms with Gasteiger partial charge in [0.2, 0.25) is 11.4 Å². The maximum Gasteiger partial charge on any atom is 0.350 e. The van der Waals surface area contributed by atoms with Crippen LogP contribution in [0.1, 0.15) is 16.8 Å². The predicted molar refractivity (Wildman–Crippen MR) is 65.2 cm³/mol. The van der Waals surface area contributed by atoms with Gasteiger partial charge in [-0.15, -0.1) is 0 Å². The first-order valence-electron chi connectivity index (χ1n) is 5.63. The second-order valence-electron chi connectivity index (χ2n) is 4.07. The average Bonchev–Trinajstić information content (AvgIpc) is 2.81. The number of benzene rings is 1. The Morgan fingerprint density at radius 3 is 2.50 bits per heavy atom. The van der Waals surface area contributed by atoms with Gasteiger partial charge in [-0.1, -0.05) is 36.9 Å². The van der Waals surface area contributed by atoms with Gasteiger partial charge in [0.25, 0.3) is 0 Å². The maximum absolute atomic E-state index is 12.5. The summed E-state index contributed by atoms with van der Waals surface area (Å²) in [5.41, 5.74) is -0.815. The van der Waals surface area contributed by atoms with Crippen LogP contribution < -0.4 is 0 Å². The van der Waals surface area contributed by atoms with Crippen molar-refractivity contribution in [1.29, 1.82) is 0 Å². The van der Waals surface area contributed by atoms with Crippen LogP contribution in [0.2, 0.25) is 0 Å². The van der Waals surface area contributed by atoms with E-state index in [0.29, 0.717) is 24.2 Å². The van der Waals surface area contributed by atoms with Crippen LogP contribution in [0.25, 0.3) is 0 Å². The molecule has 1 unspecified atom stereocenters. The highest BCUT2D eigenvalue weighted by Gasteiger charge is 2.53. The van der Waals surface area contributed by atoms with E-state index in [1.165, 1.54) is 7.11 Å². The number of ether oxygens (including phenoxy) is 2. The molecule has 4 nitrogen and oxygen atoms in total. The first kappa shape index (κ1) is 12.5. The van der Waals surface area contributed by atoms with Gasteiger partial charge in [-0.05, 0) is 12.0 Å². The van der Waals surface area contributed by atoms with E-state index in [4.69, 9.17) is 9.47 Å². The Morgan fingerprint density at radius 1 is 1.33 bits per heavy atom. The summed E-state index contributed by atoms with van der Waals surface area (Å²) in [5, 5.41) is 0. The quantitative estimate of drug-likeness (QED) is 0.353. The third-order valence-electron chi connectivity index (χ3n) is 3.05. The molecule has 0 bridgehead atoms. The molecule has 1 atom stereocenters. The molecular weight excluding hydrogens is 232 g/mol. The SMILES string of the molecule is C=C1CCOC1(C(=O)OC)C(=O)c1ccccc1. The number of esters is 1. The maximum atomic E-state index is 12.5. The van der Waals surface area contributed by atoms with E-state index in [1.807, 2.05) is 0 Å². The Bertz CT molecular complexity index is 492.